The summed E-state index contributed by atoms with van der Waals surface area (Å²) in [5.74, 6) is 1.41. The maximum atomic E-state index is 9.49. The lowest BCUT2D eigenvalue weighted by molar-refractivity contribution is 0.126. The number of hydrogen-bond acceptors (Lipinski definition) is 2. The maximum absolute atomic E-state index is 9.49. The first-order valence-corrected chi connectivity index (χ1v) is 4.14. The van der Waals surface area contributed by atoms with Crippen LogP contribution < -0.4 is 0 Å². The van der Waals surface area contributed by atoms with Crippen molar-refractivity contribution in [3.05, 3.63) is 0 Å². The van der Waals surface area contributed by atoms with E-state index in [-0.39, 0.29) is 6.10 Å². The lowest BCUT2D eigenvalue weighted by Crippen LogP contribution is -2.21. The molecule has 1 N–H and O–H groups in total. The van der Waals surface area contributed by atoms with Crippen LogP contribution in [0.25, 0.3) is 0 Å². The number of aliphatic hydroxyl groups excluding tert-OH is 1. The van der Waals surface area contributed by atoms with Crippen LogP contribution in [-0.4, -0.2) is 36.2 Å². The summed E-state index contributed by atoms with van der Waals surface area (Å²) < 4.78 is 0. The molecule has 2 fully saturated rings. The van der Waals surface area contributed by atoms with Gasteiger partial charge < -0.3 is 10.0 Å². The van der Waals surface area contributed by atoms with Gasteiger partial charge in [-0.15, -0.1) is 0 Å². The molecule has 1 saturated heterocycles. The van der Waals surface area contributed by atoms with Gasteiger partial charge in [-0.1, -0.05) is 0 Å². The van der Waals surface area contributed by atoms with Crippen molar-refractivity contribution < 1.29 is 5.11 Å². The predicted octanol–water partition coefficient (Wildman–Crippen LogP) is 0.319. The topological polar surface area (TPSA) is 23.5 Å². The fourth-order valence-corrected chi connectivity index (χ4v) is 2.46. The minimum Gasteiger partial charge on any atom is -0.393 e. The molecule has 0 spiro atoms. The number of likely N-dealkylation sites (tertiary alicyclic amines) is 1. The molecule has 1 aliphatic heterocycles. The largest absolute Gasteiger partial charge is 0.393 e. The van der Waals surface area contributed by atoms with Crippen LogP contribution in [0.4, 0.5) is 0 Å². The fourth-order valence-electron chi connectivity index (χ4n) is 2.46. The second-order valence-electron chi connectivity index (χ2n) is 3.79. The average Bonchev–Trinajstić information content (AvgIpc) is 2.35. The molecule has 2 rings (SSSR count). The van der Waals surface area contributed by atoms with Crippen LogP contribution in [-0.2, 0) is 0 Å². The van der Waals surface area contributed by atoms with Gasteiger partial charge in [-0.2, -0.15) is 0 Å². The molecule has 3 atom stereocenters. The summed E-state index contributed by atoms with van der Waals surface area (Å²) in [5.41, 5.74) is 0. The Morgan fingerprint density at radius 2 is 2.10 bits per heavy atom. The number of fused-ring (bicyclic) bond motifs is 1. The quantitative estimate of drug-likeness (QED) is 0.525. The number of hydrogen-bond donors (Lipinski definition) is 1. The van der Waals surface area contributed by atoms with Crippen LogP contribution in [0.5, 0.6) is 0 Å². The van der Waals surface area contributed by atoms with Crippen molar-refractivity contribution in [2.75, 3.05) is 20.1 Å². The smallest absolute Gasteiger partial charge is 0.0583 e. The summed E-state index contributed by atoms with van der Waals surface area (Å²) in [4.78, 5) is 2.33. The van der Waals surface area contributed by atoms with E-state index < -0.39 is 0 Å². The Morgan fingerprint density at radius 1 is 1.30 bits per heavy atom. The van der Waals surface area contributed by atoms with Gasteiger partial charge in [-0.25, -0.2) is 0 Å². The molecular formula is C8H15NO. The molecule has 0 radical (unpaired) electrons. The van der Waals surface area contributed by atoms with E-state index in [9.17, 15) is 5.11 Å². The van der Waals surface area contributed by atoms with Gasteiger partial charge in [0, 0.05) is 19.0 Å². The highest BCUT2D eigenvalue weighted by molar-refractivity contribution is 4.92. The number of rotatable bonds is 0. The summed E-state index contributed by atoms with van der Waals surface area (Å²) >= 11 is 0. The van der Waals surface area contributed by atoms with Gasteiger partial charge in [0.05, 0.1) is 6.10 Å². The van der Waals surface area contributed by atoms with Crippen LogP contribution in [0.2, 0.25) is 0 Å². The van der Waals surface area contributed by atoms with Crippen molar-refractivity contribution in [3.8, 4) is 0 Å². The summed E-state index contributed by atoms with van der Waals surface area (Å²) in [5, 5.41) is 9.49. The summed E-state index contributed by atoms with van der Waals surface area (Å²) in [6.45, 7) is 2.33. The van der Waals surface area contributed by atoms with Crippen molar-refractivity contribution in [2.45, 2.75) is 18.9 Å². The predicted molar refractivity (Wildman–Crippen MR) is 39.7 cm³/mol. The van der Waals surface area contributed by atoms with Gasteiger partial charge in [0.15, 0.2) is 0 Å². The molecule has 2 aliphatic rings. The highest BCUT2D eigenvalue weighted by Gasteiger charge is 2.40. The molecule has 58 valence electrons. The van der Waals surface area contributed by atoms with Crippen molar-refractivity contribution >= 4 is 0 Å². The molecule has 0 amide bonds. The molecule has 1 saturated carbocycles. The minimum absolute atomic E-state index is 0.00921. The number of nitrogens with zero attached hydrogens (tertiary/aromatic N) is 1. The molecule has 1 aliphatic carbocycles. The van der Waals surface area contributed by atoms with Crippen LogP contribution in [0.15, 0.2) is 0 Å². The Balaban J connectivity index is 2.05. The van der Waals surface area contributed by atoms with Gasteiger partial charge in [0.25, 0.3) is 0 Å². The Morgan fingerprint density at radius 3 is 2.80 bits per heavy atom. The highest BCUT2D eigenvalue weighted by Crippen LogP contribution is 2.37. The lowest BCUT2D eigenvalue weighted by Gasteiger charge is -2.11. The number of aliphatic hydroxyl groups is 1. The SMILES string of the molecule is CN1CC2CCC(O)C2C1. The van der Waals surface area contributed by atoms with Gasteiger partial charge in [0.2, 0.25) is 0 Å². The van der Waals surface area contributed by atoms with Crippen LogP contribution in [0.1, 0.15) is 12.8 Å². The Hall–Kier alpha value is -0.0800. The van der Waals surface area contributed by atoms with E-state index in [0.717, 1.165) is 18.9 Å². The monoisotopic (exact) mass is 141 g/mol. The summed E-state index contributed by atoms with van der Waals surface area (Å²) in [7, 11) is 2.14. The molecule has 2 nitrogen and oxygen atoms in total. The third-order valence-electron chi connectivity index (χ3n) is 3.00. The van der Waals surface area contributed by atoms with Gasteiger partial charge in [-0.3, -0.25) is 0 Å². The van der Waals surface area contributed by atoms with Gasteiger partial charge in [-0.05, 0) is 25.8 Å². The van der Waals surface area contributed by atoms with E-state index in [1.807, 2.05) is 0 Å². The lowest BCUT2D eigenvalue weighted by atomic mass is 10.00. The molecule has 10 heavy (non-hydrogen) atoms. The van der Waals surface area contributed by atoms with Crippen LogP contribution in [0.3, 0.4) is 0 Å². The maximum Gasteiger partial charge on any atom is 0.0583 e. The normalized spacial score (nSPS) is 48.0. The average molecular weight is 141 g/mol. The Kier molecular flexibility index (Phi) is 1.46. The standard InChI is InChI=1S/C8H15NO/c1-9-4-6-2-3-8(10)7(6)5-9/h6-8,10H,2-5H2,1H3. The molecule has 1 heterocycles. The molecule has 0 aromatic rings. The van der Waals surface area contributed by atoms with E-state index in [1.165, 1.54) is 13.0 Å². The molecule has 0 bridgehead atoms. The first-order chi connectivity index (χ1) is 4.77. The van der Waals surface area contributed by atoms with Gasteiger partial charge in [0.1, 0.15) is 0 Å². The summed E-state index contributed by atoms with van der Waals surface area (Å²) in [6.07, 6.45) is 2.30. The third kappa shape index (κ3) is 0.867. The van der Waals surface area contributed by atoms with E-state index in [0.29, 0.717) is 5.92 Å². The van der Waals surface area contributed by atoms with E-state index >= 15 is 0 Å². The zero-order valence-corrected chi connectivity index (χ0v) is 6.45. The van der Waals surface area contributed by atoms with E-state index in [1.54, 1.807) is 0 Å². The second kappa shape index (κ2) is 2.21. The van der Waals surface area contributed by atoms with Crippen molar-refractivity contribution in [1.82, 2.24) is 4.90 Å². The fraction of sp³-hybridized carbons (Fsp3) is 1.00. The molecular weight excluding hydrogens is 126 g/mol. The third-order valence-corrected chi connectivity index (χ3v) is 3.00. The highest BCUT2D eigenvalue weighted by atomic mass is 16.3. The van der Waals surface area contributed by atoms with Crippen LogP contribution in [0, 0.1) is 11.8 Å². The Bertz CT molecular complexity index is 137. The van der Waals surface area contributed by atoms with E-state index in [4.69, 9.17) is 0 Å². The Labute approximate surface area is 61.8 Å². The van der Waals surface area contributed by atoms with Crippen molar-refractivity contribution in [1.29, 1.82) is 0 Å². The zero-order valence-electron chi connectivity index (χ0n) is 6.45. The molecule has 0 aromatic carbocycles. The molecule has 2 heteroatoms. The van der Waals surface area contributed by atoms with Gasteiger partial charge >= 0.3 is 0 Å². The second-order valence-corrected chi connectivity index (χ2v) is 3.79. The van der Waals surface area contributed by atoms with Crippen molar-refractivity contribution in [2.24, 2.45) is 11.8 Å². The van der Waals surface area contributed by atoms with Crippen molar-refractivity contribution in [3.63, 3.8) is 0 Å². The molecule has 3 unspecified atom stereocenters. The molecule has 0 aromatic heterocycles. The summed E-state index contributed by atoms with van der Waals surface area (Å²) in [6, 6.07) is 0. The zero-order chi connectivity index (χ0) is 7.14. The first-order valence-electron chi connectivity index (χ1n) is 4.14. The minimum atomic E-state index is 0.00921. The van der Waals surface area contributed by atoms with Crippen LogP contribution >= 0.6 is 0 Å². The van der Waals surface area contributed by atoms with E-state index in [2.05, 4.69) is 11.9 Å². The first kappa shape index (κ1) is 6.62.